The van der Waals surface area contributed by atoms with E-state index < -0.39 is 10.0 Å². The normalized spacial score (nSPS) is 18.4. The first-order valence-electron chi connectivity index (χ1n) is 9.59. The van der Waals surface area contributed by atoms with Crippen LogP contribution >= 0.6 is 0 Å². The van der Waals surface area contributed by atoms with E-state index in [1.807, 2.05) is 0 Å². The first-order chi connectivity index (χ1) is 12.8. The molecule has 7 nitrogen and oxygen atoms in total. The lowest BCUT2D eigenvalue weighted by Gasteiger charge is -2.30. The molecule has 2 amide bonds. The highest BCUT2D eigenvalue weighted by atomic mass is 32.2. The number of nitrogens with one attached hydrogen (secondary N) is 2. The average molecular weight is 397 g/mol. The van der Waals surface area contributed by atoms with Crippen molar-refractivity contribution in [1.82, 2.24) is 14.5 Å². The molecular weight excluding hydrogens is 364 g/mol. The van der Waals surface area contributed by atoms with Crippen LogP contribution in [0.5, 0.6) is 0 Å². The quantitative estimate of drug-likeness (QED) is 0.662. The number of nitrogens with zero attached hydrogens (tertiary/aromatic N) is 2. The van der Waals surface area contributed by atoms with Gasteiger partial charge in [0.25, 0.3) is 0 Å². The second-order valence-corrected chi connectivity index (χ2v) is 9.60. The number of urea groups is 1. The van der Waals surface area contributed by atoms with Crippen molar-refractivity contribution in [3.8, 4) is 0 Å². The summed E-state index contributed by atoms with van der Waals surface area (Å²) >= 11 is 0. The fraction of sp³-hybridized carbons (Fsp3) is 0.632. The third-order valence-corrected chi connectivity index (χ3v) is 6.61. The highest BCUT2D eigenvalue weighted by molar-refractivity contribution is 7.89. The van der Waals surface area contributed by atoms with Crippen molar-refractivity contribution in [2.75, 3.05) is 45.6 Å². The zero-order valence-electron chi connectivity index (χ0n) is 16.6. The Kier molecular flexibility index (Phi) is 8.07. The van der Waals surface area contributed by atoms with Gasteiger partial charge < -0.3 is 15.5 Å². The Morgan fingerprint density at radius 2 is 2.07 bits per heavy atom. The van der Waals surface area contributed by atoms with Gasteiger partial charge in [-0.05, 0) is 62.9 Å². The molecule has 2 rings (SSSR count). The van der Waals surface area contributed by atoms with Crippen LogP contribution in [-0.2, 0) is 10.0 Å². The molecule has 0 aliphatic carbocycles. The number of carbonyl (C=O) groups excluding carboxylic acids is 1. The van der Waals surface area contributed by atoms with Crippen LogP contribution in [0.15, 0.2) is 29.2 Å². The third-order valence-electron chi connectivity index (χ3n) is 4.80. The Balaban J connectivity index is 1.71. The largest absolute Gasteiger partial charge is 0.338 e. The van der Waals surface area contributed by atoms with Crippen LogP contribution < -0.4 is 10.6 Å². The van der Waals surface area contributed by atoms with E-state index in [0.29, 0.717) is 12.2 Å². The maximum atomic E-state index is 12.2. The Morgan fingerprint density at radius 3 is 2.78 bits per heavy atom. The molecule has 1 aliphatic heterocycles. The SMILES string of the molecule is CC1CCCN(CCCCNC(=O)Nc2cccc(S(=O)(=O)N(C)C)c2)C1. The minimum Gasteiger partial charge on any atom is -0.338 e. The molecule has 1 saturated heterocycles. The Hall–Kier alpha value is -1.64. The van der Waals surface area contributed by atoms with Crippen molar-refractivity contribution < 1.29 is 13.2 Å². The number of sulfonamides is 1. The van der Waals surface area contributed by atoms with Gasteiger partial charge in [-0.25, -0.2) is 17.5 Å². The summed E-state index contributed by atoms with van der Waals surface area (Å²) in [5, 5.41) is 5.53. The number of unbranched alkanes of at least 4 members (excludes halogenated alkanes) is 1. The van der Waals surface area contributed by atoms with E-state index in [1.54, 1.807) is 12.1 Å². The third kappa shape index (κ3) is 6.79. The summed E-state index contributed by atoms with van der Waals surface area (Å²) in [5.41, 5.74) is 0.456. The van der Waals surface area contributed by atoms with E-state index in [2.05, 4.69) is 22.5 Å². The van der Waals surface area contributed by atoms with Crippen LogP contribution in [0.1, 0.15) is 32.6 Å². The van der Waals surface area contributed by atoms with Crippen LogP contribution in [0.4, 0.5) is 10.5 Å². The maximum Gasteiger partial charge on any atom is 0.319 e. The molecule has 0 radical (unpaired) electrons. The molecule has 1 aromatic rings. The monoisotopic (exact) mass is 396 g/mol. The molecule has 0 spiro atoms. The van der Waals surface area contributed by atoms with Crippen molar-refractivity contribution in [3.05, 3.63) is 24.3 Å². The predicted octanol–water partition coefficient (Wildman–Crippen LogP) is 2.57. The summed E-state index contributed by atoms with van der Waals surface area (Å²) in [5.74, 6) is 0.787. The van der Waals surface area contributed by atoms with Crippen LogP contribution in [-0.4, -0.2) is 63.9 Å². The zero-order chi connectivity index (χ0) is 19.9. The lowest BCUT2D eigenvalue weighted by Crippen LogP contribution is -2.35. The lowest BCUT2D eigenvalue weighted by molar-refractivity contribution is 0.181. The summed E-state index contributed by atoms with van der Waals surface area (Å²) in [7, 11) is -0.560. The molecule has 1 fully saturated rings. The average Bonchev–Trinajstić information content (AvgIpc) is 2.61. The fourth-order valence-electron chi connectivity index (χ4n) is 3.27. The number of amides is 2. The standard InChI is InChI=1S/C19H32N4O3S/c1-16-8-7-13-23(15-16)12-5-4-11-20-19(24)21-17-9-6-10-18(14-17)27(25,26)22(2)3/h6,9-10,14,16H,4-5,7-8,11-13,15H2,1-3H3,(H2,20,21,24). The number of hydrogen-bond acceptors (Lipinski definition) is 4. The number of anilines is 1. The van der Waals surface area contributed by atoms with E-state index in [-0.39, 0.29) is 10.9 Å². The van der Waals surface area contributed by atoms with Crippen molar-refractivity contribution >= 4 is 21.7 Å². The van der Waals surface area contributed by atoms with Crippen LogP contribution in [0, 0.1) is 5.92 Å². The molecule has 8 heteroatoms. The van der Waals surface area contributed by atoms with Crippen LogP contribution in [0.25, 0.3) is 0 Å². The molecule has 1 atom stereocenters. The van der Waals surface area contributed by atoms with Crippen molar-refractivity contribution in [2.24, 2.45) is 5.92 Å². The van der Waals surface area contributed by atoms with Gasteiger partial charge >= 0.3 is 6.03 Å². The Morgan fingerprint density at radius 1 is 1.30 bits per heavy atom. The second kappa shape index (κ2) is 10.1. The van der Waals surface area contributed by atoms with E-state index in [1.165, 1.54) is 52.2 Å². The summed E-state index contributed by atoms with van der Waals surface area (Å²) in [6.45, 7) is 6.35. The van der Waals surface area contributed by atoms with Crippen LogP contribution in [0.2, 0.25) is 0 Å². The number of piperidine rings is 1. The van der Waals surface area contributed by atoms with Gasteiger partial charge in [0.2, 0.25) is 10.0 Å². The molecule has 2 N–H and O–H groups in total. The highest BCUT2D eigenvalue weighted by Gasteiger charge is 2.18. The molecule has 0 saturated carbocycles. The van der Waals surface area contributed by atoms with Gasteiger partial charge in [0, 0.05) is 32.9 Å². The van der Waals surface area contributed by atoms with E-state index in [0.717, 1.165) is 29.6 Å². The topological polar surface area (TPSA) is 81.8 Å². The van der Waals surface area contributed by atoms with Gasteiger partial charge in [-0.2, -0.15) is 0 Å². The zero-order valence-corrected chi connectivity index (χ0v) is 17.4. The molecule has 0 bridgehead atoms. The molecule has 27 heavy (non-hydrogen) atoms. The minimum atomic E-state index is -3.52. The van der Waals surface area contributed by atoms with Crippen molar-refractivity contribution in [1.29, 1.82) is 0 Å². The Labute approximate surface area is 163 Å². The van der Waals surface area contributed by atoms with Gasteiger partial charge in [-0.1, -0.05) is 13.0 Å². The smallest absolute Gasteiger partial charge is 0.319 e. The number of hydrogen-bond donors (Lipinski definition) is 2. The van der Waals surface area contributed by atoms with Crippen molar-refractivity contribution in [3.63, 3.8) is 0 Å². The molecule has 1 heterocycles. The fourth-order valence-corrected chi connectivity index (χ4v) is 4.22. The van der Waals surface area contributed by atoms with Crippen molar-refractivity contribution in [2.45, 2.75) is 37.5 Å². The summed E-state index contributed by atoms with van der Waals surface area (Å²) in [6.07, 6.45) is 4.59. The predicted molar refractivity (Wildman–Crippen MR) is 108 cm³/mol. The Bertz CT molecular complexity index is 721. The van der Waals surface area contributed by atoms with Crippen LogP contribution in [0.3, 0.4) is 0 Å². The molecule has 1 aliphatic rings. The number of benzene rings is 1. The molecule has 0 aromatic heterocycles. The van der Waals surface area contributed by atoms with E-state index >= 15 is 0 Å². The molecule has 152 valence electrons. The minimum absolute atomic E-state index is 0.154. The number of rotatable bonds is 8. The second-order valence-electron chi connectivity index (χ2n) is 7.45. The number of likely N-dealkylation sites (tertiary alicyclic amines) is 1. The summed E-state index contributed by atoms with van der Waals surface area (Å²) in [4.78, 5) is 14.7. The molecule has 1 aromatic carbocycles. The first-order valence-corrected chi connectivity index (χ1v) is 11.0. The summed E-state index contributed by atoms with van der Waals surface area (Å²) < 4.78 is 25.5. The van der Waals surface area contributed by atoms with Gasteiger partial charge in [-0.15, -0.1) is 0 Å². The summed E-state index contributed by atoms with van der Waals surface area (Å²) in [6, 6.07) is 5.95. The first kappa shape index (κ1) is 21.7. The van der Waals surface area contributed by atoms with Gasteiger partial charge in [0.15, 0.2) is 0 Å². The van der Waals surface area contributed by atoms with Gasteiger partial charge in [0.1, 0.15) is 0 Å². The highest BCUT2D eigenvalue weighted by Crippen LogP contribution is 2.18. The maximum absolute atomic E-state index is 12.2. The molecule has 1 unspecified atom stereocenters. The lowest BCUT2D eigenvalue weighted by atomic mass is 10.0. The van der Waals surface area contributed by atoms with Gasteiger partial charge in [-0.3, -0.25) is 0 Å². The number of carbonyl (C=O) groups is 1. The van der Waals surface area contributed by atoms with E-state index in [9.17, 15) is 13.2 Å². The van der Waals surface area contributed by atoms with E-state index in [4.69, 9.17) is 0 Å². The molecular formula is C19H32N4O3S. The van der Waals surface area contributed by atoms with Gasteiger partial charge in [0.05, 0.1) is 4.90 Å².